The molecule has 10 heavy (non-hydrogen) atoms. The molecule has 4 aliphatic rings. The maximum atomic E-state index is 6.22. The van der Waals surface area contributed by atoms with E-state index in [0.29, 0.717) is 0 Å². The summed E-state index contributed by atoms with van der Waals surface area (Å²) < 4.78 is 0.954. The predicted octanol–water partition coefficient (Wildman–Crippen LogP) is 0.489. The Hall–Kier alpha value is -0.0800. The number of piperidine rings is 1. The fourth-order valence-electron chi connectivity index (χ4n) is 3.58. The summed E-state index contributed by atoms with van der Waals surface area (Å²) in [5, 5.41) is 0. The van der Waals surface area contributed by atoms with Gasteiger partial charge >= 0.3 is 0 Å². The zero-order valence-corrected chi connectivity index (χ0v) is 6.29. The molecule has 2 heteroatoms. The van der Waals surface area contributed by atoms with Crippen LogP contribution < -0.4 is 5.84 Å². The summed E-state index contributed by atoms with van der Waals surface area (Å²) in [5.74, 6) is 8.23. The normalized spacial score (nSPS) is 63.9. The molecule has 2 N–H and O–H groups in total. The van der Waals surface area contributed by atoms with Crippen molar-refractivity contribution < 1.29 is 4.59 Å². The molecule has 0 aromatic rings. The fourth-order valence-corrected chi connectivity index (χ4v) is 3.58. The Morgan fingerprint density at radius 3 is 2.00 bits per heavy atom. The number of rotatable bonds is 0. The Balaban J connectivity index is 2.04. The highest BCUT2D eigenvalue weighted by Gasteiger charge is 2.57. The van der Waals surface area contributed by atoms with Gasteiger partial charge in [0.2, 0.25) is 0 Å². The minimum Gasteiger partial charge on any atom is -0.245 e. The van der Waals surface area contributed by atoms with Crippen molar-refractivity contribution in [3.8, 4) is 0 Å². The molecular weight excluding hydrogens is 124 g/mol. The van der Waals surface area contributed by atoms with Gasteiger partial charge in [-0.1, -0.05) is 0 Å². The van der Waals surface area contributed by atoms with Crippen molar-refractivity contribution in [3.63, 3.8) is 0 Å². The van der Waals surface area contributed by atoms with E-state index in [1.54, 1.807) is 0 Å². The third kappa shape index (κ3) is 0.487. The molecule has 4 bridgehead atoms. The van der Waals surface area contributed by atoms with E-state index in [4.69, 9.17) is 5.84 Å². The minimum atomic E-state index is 0.865. The Bertz CT molecular complexity index is 164. The van der Waals surface area contributed by atoms with Crippen LogP contribution in [0.15, 0.2) is 0 Å². The van der Waals surface area contributed by atoms with Gasteiger partial charge in [-0.05, 0) is 6.42 Å². The molecule has 2 unspecified atom stereocenters. The van der Waals surface area contributed by atoms with Crippen LogP contribution in [0.4, 0.5) is 0 Å². The average molecular weight is 139 g/mol. The van der Waals surface area contributed by atoms with Crippen molar-refractivity contribution in [2.75, 3.05) is 13.1 Å². The summed E-state index contributed by atoms with van der Waals surface area (Å²) in [5.41, 5.74) is 0. The Morgan fingerprint density at radius 1 is 1.00 bits per heavy atom. The minimum absolute atomic E-state index is 0.865. The smallest absolute Gasteiger partial charge is 0.107 e. The van der Waals surface area contributed by atoms with Crippen molar-refractivity contribution in [1.82, 2.24) is 0 Å². The van der Waals surface area contributed by atoms with E-state index < -0.39 is 0 Å². The number of hydrogen-bond acceptors (Lipinski definition) is 1. The van der Waals surface area contributed by atoms with Gasteiger partial charge in [-0.15, -0.1) is 0 Å². The highest BCUT2D eigenvalue weighted by molar-refractivity contribution is 4.90. The molecular formula is C8H15N2+. The van der Waals surface area contributed by atoms with E-state index in [9.17, 15) is 0 Å². The van der Waals surface area contributed by atoms with Gasteiger partial charge < -0.3 is 0 Å². The summed E-state index contributed by atoms with van der Waals surface area (Å²) in [7, 11) is 0. The first kappa shape index (κ1) is 5.56. The molecule has 2 atom stereocenters. The van der Waals surface area contributed by atoms with Gasteiger partial charge in [0, 0.05) is 24.7 Å². The first-order chi connectivity index (χ1) is 4.76. The predicted molar refractivity (Wildman–Crippen MR) is 38.8 cm³/mol. The maximum absolute atomic E-state index is 6.22. The third-order valence-electron chi connectivity index (χ3n) is 3.80. The highest BCUT2D eigenvalue weighted by Crippen LogP contribution is 2.48. The second kappa shape index (κ2) is 1.41. The summed E-state index contributed by atoms with van der Waals surface area (Å²) in [4.78, 5) is 0. The lowest BCUT2D eigenvalue weighted by molar-refractivity contribution is -0.943. The molecule has 0 aromatic heterocycles. The zero-order valence-electron chi connectivity index (χ0n) is 6.29. The molecule has 4 fully saturated rings. The molecule has 1 aliphatic carbocycles. The average Bonchev–Trinajstić information content (AvgIpc) is 2.14. The third-order valence-corrected chi connectivity index (χ3v) is 3.80. The second-order valence-electron chi connectivity index (χ2n) is 4.56. The molecule has 3 aliphatic heterocycles. The van der Waals surface area contributed by atoms with Crippen LogP contribution in [0.1, 0.15) is 19.3 Å². The summed E-state index contributed by atoms with van der Waals surface area (Å²) in [6, 6.07) is 0.865. The van der Waals surface area contributed by atoms with Crippen LogP contribution in [0.25, 0.3) is 0 Å². The number of nitrogens with zero attached hydrogens (tertiary/aromatic N) is 1. The second-order valence-corrected chi connectivity index (χ2v) is 4.56. The van der Waals surface area contributed by atoms with Crippen LogP contribution in [-0.2, 0) is 0 Å². The largest absolute Gasteiger partial charge is 0.245 e. The van der Waals surface area contributed by atoms with Crippen molar-refractivity contribution in [2.24, 2.45) is 17.7 Å². The van der Waals surface area contributed by atoms with E-state index in [-0.39, 0.29) is 0 Å². The van der Waals surface area contributed by atoms with Crippen LogP contribution in [0.5, 0.6) is 0 Å². The van der Waals surface area contributed by atoms with Crippen LogP contribution in [-0.4, -0.2) is 23.7 Å². The molecule has 1 saturated carbocycles. The molecule has 0 amide bonds. The van der Waals surface area contributed by atoms with Crippen LogP contribution in [0.3, 0.4) is 0 Å². The zero-order chi connectivity index (χ0) is 6.77. The van der Waals surface area contributed by atoms with E-state index >= 15 is 0 Å². The van der Waals surface area contributed by atoms with Crippen LogP contribution in [0, 0.1) is 11.8 Å². The summed E-state index contributed by atoms with van der Waals surface area (Å²) >= 11 is 0. The number of quaternary nitrogens is 1. The van der Waals surface area contributed by atoms with Crippen molar-refractivity contribution in [3.05, 3.63) is 0 Å². The van der Waals surface area contributed by atoms with Crippen LogP contribution in [0.2, 0.25) is 0 Å². The first-order valence-electron chi connectivity index (χ1n) is 4.41. The first-order valence-corrected chi connectivity index (χ1v) is 4.41. The molecule has 0 aromatic carbocycles. The van der Waals surface area contributed by atoms with Gasteiger partial charge in [0.1, 0.15) is 6.04 Å². The highest BCUT2D eigenvalue weighted by atomic mass is 15.6. The Kier molecular flexibility index (Phi) is 0.783. The lowest BCUT2D eigenvalue weighted by Crippen LogP contribution is -2.55. The molecule has 3 heterocycles. The van der Waals surface area contributed by atoms with Gasteiger partial charge in [0.15, 0.2) is 0 Å². The van der Waals surface area contributed by atoms with E-state index in [2.05, 4.69) is 0 Å². The molecule has 56 valence electrons. The van der Waals surface area contributed by atoms with E-state index in [1.807, 2.05) is 0 Å². The van der Waals surface area contributed by atoms with Gasteiger partial charge in [-0.25, -0.2) is 4.59 Å². The molecule has 4 rings (SSSR count). The topological polar surface area (TPSA) is 26.0 Å². The van der Waals surface area contributed by atoms with Crippen molar-refractivity contribution in [2.45, 2.75) is 25.3 Å². The number of hydrogen-bond donors (Lipinski definition) is 1. The SMILES string of the molecule is N[N+]12CC3CC(CC1C3)C2. The quantitative estimate of drug-likeness (QED) is 0.383. The van der Waals surface area contributed by atoms with Gasteiger partial charge in [-0.3, -0.25) is 0 Å². The maximum Gasteiger partial charge on any atom is 0.107 e. The van der Waals surface area contributed by atoms with Crippen LogP contribution >= 0.6 is 0 Å². The van der Waals surface area contributed by atoms with E-state index in [0.717, 1.165) is 22.5 Å². The molecule has 0 radical (unpaired) electrons. The lowest BCUT2D eigenvalue weighted by Gasteiger charge is -2.30. The molecule has 3 saturated heterocycles. The van der Waals surface area contributed by atoms with Crippen molar-refractivity contribution in [1.29, 1.82) is 0 Å². The lowest BCUT2D eigenvalue weighted by atomic mass is 9.83. The Labute approximate surface area is 61.6 Å². The van der Waals surface area contributed by atoms with Gasteiger partial charge in [0.05, 0.1) is 13.1 Å². The summed E-state index contributed by atoms with van der Waals surface area (Å²) in [6.07, 6.45) is 4.37. The fraction of sp³-hybridized carbons (Fsp3) is 1.00. The van der Waals surface area contributed by atoms with Gasteiger partial charge in [0.25, 0.3) is 0 Å². The number of nitrogens with two attached hydrogens (primary N) is 1. The monoisotopic (exact) mass is 139 g/mol. The Morgan fingerprint density at radius 2 is 1.60 bits per heavy atom. The molecule has 2 nitrogen and oxygen atoms in total. The van der Waals surface area contributed by atoms with Gasteiger partial charge in [-0.2, -0.15) is 5.84 Å². The van der Waals surface area contributed by atoms with Crippen molar-refractivity contribution >= 4 is 0 Å². The molecule has 0 spiro atoms. The summed E-state index contributed by atoms with van der Waals surface area (Å²) in [6.45, 7) is 2.59. The van der Waals surface area contributed by atoms with E-state index in [1.165, 1.54) is 32.4 Å². The standard InChI is InChI=1S/C8H15N2/c9-10-4-6-1-7(5-10)3-8(10)2-6/h6-8H,1-5,9H2/q+1.